The number of carbonyl (C=O) groups excluding carboxylic acids is 2. The zero-order valence-corrected chi connectivity index (χ0v) is 18.7. The van der Waals surface area contributed by atoms with Crippen LogP contribution in [0, 0.1) is 17.8 Å². The first-order chi connectivity index (χ1) is 16.7. The van der Waals surface area contributed by atoms with Crippen LogP contribution in [0.15, 0.2) is 24.3 Å². The first-order valence-electron chi connectivity index (χ1n) is 11.4. The Morgan fingerprint density at radius 3 is 2.60 bits per heavy atom. The molecule has 0 bridgehead atoms. The van der Waals surface area contributed by atoms with E-state index in [1.165, 1.54) is 24.3 Å². The number of H-pyrrole nitrogens is 1. The number of aromatic nitrogens is 3. The molecule has 2 amide bonds. The summed E-state index contributed by atoms with van der Waals surface area (Å²) in [7, 11) is 0. The van der Waals surface area contributed by atoms with Crippen LogP contribution in [-0.4, -0.2) is 69.8 Å². The molecule has 2 aromatic rings. The molecule has 1 aromatic carbocycles. The molecule has 2 saturated heterocycles. The van der Waals surface area contributed by atoms with E-state index in [2.05, 4.69) is 20.1 Å². The molecule has 1 N–H and O–H groups in total. The van der Waals surface area contributed by atoms with Gasteiger partial charge in [-0.1, -0.05) is 23.4 Å². The van der Waals surface area contributed by atoms with Crippen LogP contribution in [0.5, 0.6) is 5.75 Å². The van der Waals surface area contributed by atoms with Crippen LogP contribution in [0.1, 0.15) is 18.4 Å². The first kappa shape index (κ1) is 23.2. The van der Waals surface area contributed by atoms with Gasteiger partial charge in [0.1, 0.15) is 17.7 Å². The van der Waals surface area contributed by atoms with Gasteiger partial charge in [-0.05, 0) is 48.4 Å². The highest BCUT2D eigenvalue weighted by Gasteiger charge is 2.41. The van der Waals surface area contributed by atoms with Crippen molar-refractivity contribution in [2.45, 2.75) is 25.8 Å². The number of hydrogen-bond acceptors (Lipinski definition) is 6. The largest absolute Gasteiger partial charge is 0.573 e. The van der Waals surface area contributed by atoms with Crippen LogP contribution >= 0.6 is 0 Å². The quantitative estimate of drug-likeness (QED) is 0.694. The number of hydrogen-bond donors (Lipinski definition) is 1. The first-order valence-corrected chi connectivity index (χ1v) is 11.4. The zero-order valence-electron chi connectivity index (χ0n) is 18.7. The fourth-order valence-electron chi connectivity index (χ4n) is 4.97. The fraction of sp³-hybridized carbons (Fsp3) is 0.478. The third-order valence-electron chi connectivity index (χ3n) is 6.74. The lowest BCUT2D eigenvalue weighted by atomic mass is 9.89. The molecule has 0 spiro atoms. The maximum absolute atomic E-state index is 13.1. The number of halogens is 3. The molecular weight excluding hydrogens is 467 g/mol. The van der Waals surface area contributed by atoms with Crippen LogP contribution in [0.25, 0.3) is 12.2 Å². The molecule has 5 rings (SSSR count). The number of alkyl halides is 3. The minimum Gasteiger partial charge on any atom is -0.445 e. The molecule has 2 fully saturated rings. The number of benzene rings is 1. The Labute approximate surface area is 198 Å². The summed E-state index contributed by atoms with van der Waals surface area (Å²) in [6.07, 6.45) is -0.0643. The average Bonchev–Trinajstić information content (AvgIpc) is 3.47. The number of carbonyl (C=O) groups is 2. The normalized spacial score (nSPS) is 23.6. The Balaban J connectivity index is 1.12. The van der Waals surface area contributed by atoms with E-state index in [1.54, 1.807) is 4.90 Å². The van der Waals surface area contributed by atoms with Gasteiger partial charge in [0.05, 0.1) is 11.3 Å². The van der Waals surface area contributed by atoms with Gasteiger partial charge < -0.3 is 19.3 Å². The van der Waals surface area contributed by atoms with Gasteiger partial charge in [-0.2, -0.15) is 0 Å². The molecule has 3 heterocycles. The Kier molecular flexibility index (Phi) is 6.12. The molecule has 3 aliphatic rings. The SMILES string of the molecule is O=C(OCc1ccc(OC(F)(F)F)cc1)N1CCC2CN(C(=O)C3C=c4[nH]nnc4=CC3)CC2C1. The molecule has 35 heavy (non-hydrogen) atoms. The summed E-state index contributed by atoms with van der Waals surface area (Å²) in [6, 6.07) is 5.20. The van der Waals surface area contributed by atoms with Gasteiger partial charge in [0.15, 0.2) is 0 Å². The van der Waals surface area contributed by atoms with Crippen molar-refractivity contribution in [2.75, 3.05) is 26.2 Å². The standard InChI is InChI=1S/C23H24F3N5O4/c24-23(25,26)35-18-4-1-14(2-5-18)13-34-22(33)30-8-7-16-10-31(12-17(16)11-30)21(32)15-3-6-19-20(9-15)28-29-27-19/h1-2,4-6,9,15-17H,3,7-8,10-13H2,(H,27,28). The number of fused-ring (bicyclic) bond motifs is 2. The summed E-state index contributed by atoms with van der Waals surface area (Å²) >= 11 is 0. The van der Waals surface area contributed by atoms with Crippen molar-refractivity contribution in [3.8, 4) is 5.75 Å². The number of piperidine rings is 1. The summed E-state index contributed by atoms with van der Waals surface area (Å²) < 4.78 is 46.0. The minimum atomic E-state index is -4.76. The van der Waals surface area contributed by atoms with Crippen molar-refractivity contribution in [3.63, 3.8) is 0 Å². The average molecular weight is 491 g/mol. The Morgan fingerprint density at radius 1 is 1.09 bits per heavy atom. The number of nitrogens with one attached hydrogen (secondary N) is 1. The maximum Gasteiger partial charge on any atom is 0.573 e. The second kappa shape index (κ2) is 9.23. The predicted molar refractivity (Wildman–Crippen MR) is 116 cm³/mol. The summed E-state index contributed by atoms with van der Waals surface area (Å²) in [4.78, 5) is 29.2. The lowest BCUT2D eigenvalue weighted by molar-refractivity contribution is -0.274. The van der Waals surface area contributed by atoms with Crippen LogP contribution in [0.2, 0.25) is 0 Å². The van der Waals surface area contributed by atoms with Crippen LogP contribution < -0.4 is 15.4 Å². The molecule has 0 radical (unpaired) electrons. The monoisotopic (exact) mass is 491 g/mol. The van der Waals surface area contributed by atoms with E-state index in [-0.39, 0.29) is 30.1 Å². The summed E-state index contributed by atoms with van der Waals surface area (Å²) in [5.74, 6) is -0.000582. The van der Waals surface area contributed by atoms with Crippen molar-refractivity contribution in [1.29, 1.82) is 0 Å². The lowest BCUT2D eigenvalue weighted by Gasteiger charge is -2.33. The lowest BCUT2D eigenvalue weighted by Crippen LogP contribution is -2.43. The third-order valence-corrected chi connectivity index (χ3v) is 6.74. The number of amides is 2. The van der Waals surface area contributed by atoms with Gasteiger partial charge in [0.2, 0.25) is 5.91 Å². The van der Waals surface area contributed by atoms with E-state index in [1.807, 2.05) is 17.1 Å². The van der Waals surface area contributed by atoms with Gasteiger partial charge in [-0.25, -0.2) is 4.79 Å². The molecule has 3 atom stereocenters. The summed E-state index contributed by atoms with van der Waals surface area (Å²) in [5.41, 5.74) is 0.552. The Bertz CT molecular complexity index is 1210. The van der Waals surface area contributed by atoms with E-state index >= 15 is 0 Å². The highest BCUT2D eigenvalue weighted by Crippen LogP contribution is 2.33. The van der Waals surface area contributed by atoms with Gasteiger partial charge in [-0.3, -0.25) is 9.89 Å². The predicted octanol–water partition coefficient (Wildman–Crippen LogP) is 1.40. The van der Waals surface area contributed by atoms with Gasteiger partial charge in [0, 0.05) is 26.2 Å². The fourth-order valence-corrected chi connectivity index (χ4v) is 4.97. The van der Waals surface area contributed by atoms with Gasteiger partial charge in [0.25, 0.3) is 0 Å². The molecular formula is C23H24F3N5O4. The zero-order chi connectivity index (χ0) is 24.6. The number of likely N-dealkylation sites (tertiary alicyclic amines) is 2. The number of rotatable bonds is 4. The van der Waals surface area contributed by atoms with Gasteiger partial charge in [-0.15, -0.1) is 18.3 Å². The molecule has 1 aromatic heterocycles. The molecule has 186 valence electrons. The highest BCUT2D eigenvalue weighted by atomic mass is 19.4. The van der Waals surface area contributed by atoms with Crippen LogP contribution in [0.3, 0.4) is 0 Å². The molecule has 12 heteroatoms. The van der Waals surface area contributed by atoms with E-state index < -0.39 is 12.5 Å². The van der Waals surface area contributed by atoms with Crippen molar-refractivity contribution in [2.24, 2.45) is 17.8 Å². The van der Waals surface area contributed by atoms with Crippen LogP contribution in [-0.2, 0) is 16.1 Å². The smallest absolute Gasteiger partial charge is 0.445 e. The summed E-state index contributed by atoms with van der Waals surface area (Å²) in [6.45, 7) is 2.25. The van der Waals surface area contributed by atoms with Crippen molar-refractivity contribution < 1.29 is 32.2 Å². The molecule has 3 unspecified atom stereocenters. The Morgan fingerprint density at radius 2 is 1.83 bits per heavy atom. The van der Waals surface area contributed by atoms with E-state index in [4.69, 9.17) is 4.74 Å². The molecule has 2 aliphatic heterocycles. The number of ether oxygens (including phenoxy) is 2. The number of nitrogens with zero attached hydrogens (tertiary/aromatic N) is 4. The third kappa shape index (κ3) is 5.25. The van der Waals surface area contributed by atoms with E-state index in [9.17, 15) is 22.8 Å². The van der Waals surface area contributed by atoms with Crippen molar-refractivity contribution in [3.05, 3.63) is 40.5 Å². The minimum absolute atomic E-state index is 0.0567. The van der Waals surface area contributed by atoms with Crippen LogP contribution in [0.4, 0.5) is 18.0 Å². The maximum atomic E-state index is 13.1. The van der Waals surface area contributed by atoms with Gasteiger partial charge >= 0.3 is 12.5 Å². The van der Waals surface area contributed by atoms with Crippen molar-refractivity contribution >= 4 is 24.2 Å². The second-order valence-electron chi connectivity index (χ2n) is 9.07. The molecule has 1 aliphatic carbocycles. The van der Waals surface area contributed by atoms with Crippen molar-refractivity contribution in [1.82, 2.24) is 25.2 Å². The highest BCUT2D eigenvalue weighted by molar-refractivity contribution is 5.85. The van der Waals surface area contributed by atoms with E-state index in [0.717, 1.165) is 17.1 Å². The summed E-state index contributed by atoms with van der Waals surface area (Å²) in [5, 5.41) is 12.1. The molecule has 9 nitrogen and oxygen atoms in total. The number of aromatic amines is 1. The molecule has 0 saturated carbocycles. The van der Waals surface area contributed by atoms with E-state index in [0.29, 0.717) is 44.1 Å². The topological polar surface area (TPSA) is 101 Å². The Hall–Kier alpha value is -3.57. The second-order valence-corrected chi connectivity index (χ2v) is 9.07.